The van der Waals surface area contributed by atoms with Crippen LogP contribution in [0.15, 0.2) is 40.1 Å². The van der Waals surface area contributed by atoms with E-state index in [0.717, 1.165) is 16.0 Å². The van der Waals surface area contributed by atoms with Crippen molar-refractivity contribution in [3.8, 4) is 10.8 Å². The molecule has 3 heteroatoms. The molecule has 1 aromatic carbocycles. The summed E-state index contributed by atoms with van der Waals surface area (Å²) in [5.74, 6) is 0.714. The number of nitrogens with zero attached hydrogens (tertiary/aromatic N) is 1. The zero-order valence-corrected chi connectivity index (χ0v) is 11.5. The first kappa shape index (κ1) is 11.5. The fourth-order valence-electron chi connectivity index (χ4n) is 1.90. The van der Waals surface area contributed by atoms with E-state index in [9.17, 15) is 0 Å². The molecule has 3 rings (SSSR count). The summed E-state index contributed by atoms with van der Waals surface area (Å²) in [7, 11) is 0. The normalized spacial score (nSPS) is 12.2. The predicted octanol–water partition coefficient (Wildman–Crippen LogP) is 4.85. The zero-order valence-electron chi connectivity index (χ0n) is 10.7. The molecule has 0 N–H and O–H groups in total. The number of hydrogen-bond donors (Lipinski definition) is 0. The van der Waals surface area contributed by atoms with Crippen LogP contribution in [0.3, 0.4) is 0 Å². The highest BCUT2D eigenvalue weighted by Crippen LogP contribution is 2.30. The molecule has 2 aromatic heterocycles. The Hall–Kier alpha value is -1.61. The molecular formula is C15H15NOS. The third-order valence-electron chi connectivity index (χ3n) is 2.99. The van der Waals surface area contributed by atoms with Gasteiger partial charge in [0.05, 0.1) is 4.88 Å². The van der Waals surface area contributed by atoms with Crippen molar-refractivity contribution in [1.82, 2.24) is 4.98 Å². The Kier molecular flexibility index (Phi) is 2.52. The molecule has 0 aliphatic rings. The van der Waals surface area contributed by atoms with Crippen molar-refractivity contribution in [2.24, 2.45) is 0 Å². The van der Waals surface area contributed by atoms with Gasteiger partial charge in [-0.2, -0.15) is 0 Å². The molecule has 0 aliphatic carbocycles. The van der Waals surface area contributed by atoms with Crippen LogP contribution >= 0.6 is 11.3 Å². The number of hydrogen-bond acceptors (Lipinski definition) is 3. The Morgan fingerprint density at radius 2 is 2.00 bits per heavy atom. The van der Waals surface area contributed by atoms with E-state index in [1.807, 2.05) is 23.6 Å². The smallest absolute Gasteiger partial charge is 0.237 e. The molecule has 0 aliphatic heterocycles. The Bertz CT molecular complexity index is 674. The first-order chi connectivity index (χ1) is 8.54. The first-order valence-electron chi connectivity index (χ1n) is 5.99. The van der Waals surface area contributed by atoms with Crippen molar-refractivity contribution in [2.75, 3.05) is 0 Å². The maximum atomic E-state index is 5.78. The summed E-state index contributed by atoms with van der Waals surface area (Å²) in [6, 6.07) is 10.3. The van der Waals surface area contributed by atoms with Crippen LogP contribution in [0.5, 0.6) is 0 Å². The SMILES string of the molecule is CC(C)(C)c1ccc2oc(-c3cccs3)nc2c1. The second kappa shape index (κ2) is 3.95. The number of thiophene rings is 1. The standard InChI is InChI=1S/C15H15NOS/c1-15(2,3)10-6-7-12-11(9-10)16-14(17-12)13-5-4-8-18-13/h4-9H,1-3H3. The van der Waals surface area contributed by atoms with Gasteiger partial charge in [-0.25, -0.2) is 4.98 Å². The second-order valence-corrected chi connectivity index (χ2v) is 6.38. The van der Waals surface area contributed by atoms with E-state index in [4.69, 9.17) is 4.42 Å². The third-order valence-corrected chi connectivity index (χ3v) is 3.84. The lowest BCUT2D eigenvalue weighted by atomic mass is 9.87. The van der Waals surface area contributed by atoms with Gasteiger partial charge in [-0.1, -0.05) is 32.9 Å². The minimum absolute atomic E-state index is 0.135. The molecule has 0 saturated heterocycles. The van der Waals surface area contributed by atoms with E-state index in [1.54, 1.807) is 11.3 Å². The lowest BCUT2D eigenvalue weighted by molar-refractivity contribution is 0.590. The maximum Gasteiger partial charge on any atom is 0.237 e. The van der Waals surface area contributed by atoms with Crippen molar-refractivity contribution in [1.29, 1.82) is 0 Å². The van der Waals surface area contributed by atoms with Crippen molar-refractivity contribution >= 4 is 22.4 Å². The highest BCUT2D eigenvalue weighted by atomic mass is 32.1. The molecule has 18 heavy (non-hydrogen) atoms. The summed E-state index contributed by atoms with van der Waals surface area (Å²) in [5, 5.41) is 2.03. The lowest BCUT2D eigenvalue weighted by Crippen LogP contribution is -2.10. The van der Waals surface area contributed by atoms with Gasteiger partial charge >= 0.3 is 0 Å². The van der Waals surface area contributed by atoms with Gasteiger partial charge < -0.3 is 4.42 Å². The summed E-state index contributed by atoms with van der Waals surface area (Å²) in [5.41, 5.74) is 3.20. The predicted molar refractivity (Wildman–Crippen MR) is 76.0 cm³/mol. The van der Waals surface area contributed by atoms with Gasteiger partial charge in [-0.05, 0) is 34.6 Å². The number of benzene rings is 1. The highest BCUT2D eigenvalue weighted by Gasteiger charge is 2.16. The highest BCUT2D eigenvalue weighted by molar-refractivity contribution is 7.13. The van der Waals surface area contributed by atoms with E-state index in [0.29, 0.717) is 5.89 Å². The van der Waals surface area contributed by atoms with E-state index in [-0.39, 0.29) is 5.41 Å². The van der Waals surface area contributed by atoms with Crippen molar-refractivity contribution < 1.29 is 4.42 Å². The average Bonchev–Trinajstić information content (AvgIpc) is 2.95. The largest absolute Gasteiger partial charge is 0.435 e. The third kappa shape index (κ3) is 1.95. The molecule has 2 nitrogen and oxygen atoms in total. The van der Waals surface area contributed by atoms with Crippen LogP contribution in [0.25, 0.3) is 21.9 Å². The Balaban J connectivity index is 2.13. The van der Waals surface area contributed by atoms with Gasteiger partial charge in [0.15, 0.2) is 5.58 Å². The quantitative estimate of drug-likeness (QED) is 0.622. The van der Waals surface area contributed by atoms with Gasteiger partial charge in [-0.3, -0.25) is 0 Å². The summed E-state index contributed by atoms with van der Waals surface area (Å²) < 4.78 is 5.78. The number of oxazole rings is 1. The minimum atomic E-state index is 0.135. The van der Waals surface area contributed by atoms with Crippen molar-refractivity contribution in [3.63, 3.8) is 0 Å². The summed E-state index contributed by atoms with van der Waals surface area (Å²) in [4.78, 5) is 5.65. The van der Waals surface area contributed by atoms with E-state index < -0.39 is 0 Å². The van der Waals surface area contributed by atoms with Crippen LogP contribution in [0.2, 0.25) is 0 Å². The van der Waals surface area contributed by atoms with Crippen LogP contribution in [0.1, 0.15) is 26.3 Å². The van der Waals surface area contributed by atoms with Crippen LogP contribution in [-0.4, -0.2) is 4.98 Å². The Morgan fingerprint density at radius 3 is 2.67 bits per heavy atom. The second-order valence-electron chi connectivity index (χ2n) is 5.43. The number of rotatable bonds is 1. The summed E-state index contributed by atoms with van der Waals surface area (Å²) in [6.45, 7) is 6.61. The molecular weight excluding hydrogens is 242 g/mol. The summed E-state index contributed by atoms with van der Waals surface area (Å²) >= 11 is 1.64. The van der Waals surface area contributed by atoms with Crippen LogP contribution in [0.4, 0.5) is 0 Å². The monoisotopic (exact) mass is 257 g/mol. The van der Waals surface area contributed by atoms with E-state index in [2.05, 4.69) is 37.9 Å². The molecule has 0 unspecified atom stereocenters. The lowest BCUT2D eigenvalue weighted by Gasteiger charge is -2.18. The van der Waals surface area contributed by atoms with E-state index in [1.165, 1.54) is 5.56 Å². The van der Waals surface area contributed by atoms with Gasteiger partial charge in [0.2, 0.25) is 5.89 Å². The minimum Gasteiger partial charge on any atom is -0.435 e. The average molecular weight is 257 g/mol. The number of fused-ring (bicyclic) bond motifs is 1. The zero-order chi connectivity index (χ0) is 12.8. The maximum absolute atomic E-state index is 5.78. The van der Waals surface area contributed by atoms with Gasteiger partial charge in [-0.15, -0.1) is 11.3 Å². The fraction of sp³-hybridized carbons (Fsp3) is 0.267. The summed E-state index contributed by atoms with van der Waals surface area (Å²) in [6.07, 6.45) is 0. The molecule has 0 amide bonds. The molecule has 0 radical (unpaired) electrons. The topological polar surface area (TPSA) is 26.0 Å². The molecule has 2 heterocycles. The Labute approximate surface area is 110 Å². The molecule has 0 bridgehead atoms. The van der Waals surface area contributed by atoms with Crippen molar-refractivity contribution in [3.05, 3.63) is 41.3 Å². The van der Waals surface area contributed by atoms with Crippen molar-refractivity contribution in [2.45, 2.75) is 26.2 Å². The molecule has 92 valence electrons. The van der Waals surface area contributed by atoms with Crippen LogP contribution in [0, 0.1) is 0 Å². The fourth-order valence-corrected chi connectivity index (χ4v) is 2.55. The Morgan fingerprint density at radius 1 is 1.17 bits per heavy atom. The number of aromatic nitrogens is 1. The van der Waals surface area contributed by atoms with Crippen LogP contribution in [-0.2, 0) is 5.41 Å². The van der Waals surface area contributed by atoms with Gasteiger partial charge in [0.1, 0.15) is 5.52 Å². The molecule has 0 atom stereocenters. The van der Waals surface area contributed by atoms with Gasteiger partial charge in [0, 0.05) is 0 Å². The van der Waals surface area contributed by atoms with E-state index >= 15 is 0 Å². The molecule has 0 saturated carbocycles. The molecule has 3 aromatic rings. The van der Waals surface area contributed by atoms with Gasteiger partial charge in [0.25, 0.3) is 0 Å². The van der Waals surface area contributed by atoms with Crippen LogP contribution < -0.4 is 0 Å². The molecule has 0 fully saturated rings. The first-order valence-corrected chi connectivity index (χ1v) is 6.87. The molecule has 0 spiro atoms.